The molecule has 0 spiro atoms. The summed E-state index contributed by atoms with van der Waals surface area (Å²) in [4.78, 5) is 26.7. The van der Waals surface area contributed by atoms with Crippen LogP contribution in [0.5, 0.6) is 0 Å². The third-order valence-electron chi connectivity index (χ3n) is 4.67. The first kappa shape index (κ1) is 17.5. The van der Waals surface area contributed by atoms with Gasteiger partial charge in [0.15, 0.2) is 0 Å². The van der Waals surface area contributed by atoms with Crippen molar-refractivity contribution in [2.24, 2.45) is 5.92 Å². The van der Waals surface area contributed by atoms with Crippen molar-refractivity contribution in [1.82, 2.24) is 0 Å². The van der Waals surface area contributed by atoms with Gasteiger partial charge in [0.1, 0.15) is 0 Å². The van der Waals surface area contributed by atoms with Crippen molar-refractivity contribution >= 4 is 34.8 Å². The minimum absolute atomic E-state index is 0.0499. The molecule has 1 unspecified atom stereocenters. The molecular weight excluding hydrogens is 336 g/mol. The molecule has 130 valence electrons. The van der Waals surface area contributed by atoms with Gasteiger partial charge in [-0.3, -0.25) is 9.59 Å². The van der Waals surface area contributed by atoms with E-state index in [4.69, 9.17) is 11.6 Å². The molecule has 2 amide bonds. The number of anilines is 2. The van der Waals surface area contributed by atoms with Gasteiger partial charge in [0, 0.05) is 29.4 Å². The van der Waals surface area contributed by atoms with E-state index < -0.39 is 0 Å². The van der Waals surface area contributed by atoms with Gasteiger partial charge in [-0.05, 0) is 50.1 Å². The number of nitrogens with zero attached hydrogens (tertiary/aromatic N) is 1. The summed E-state index contributed by atoms with van der Waals surface area (Å²) in [6.07, 6.45) is 0.211. The van der Waals surface area contributed by atoms with Crippen LogP contribution in [0.25, 0.3) is 0 Å². The third kappa shape index (κ3) is 3.54. The summed E-state index contributed by atoms with van der Waals surface area (Å²) in [6.45, 7) is 6.23. The van der Waals surface area contributed by atoms with E-state index >= 15 is 0 Å². The molecule has 1 saturated heterocycles. The summed E-state index contributed by atoms with van der Waals surface area (Å²) in [5, 5.41) is 3.57. The largest absolute Gasteiger partial charge is 0.326 e. The Morgan fingerprint density at radius 1 is 1.20 bits per heavy atom. The third-order valence-corrected chi connectivity index (χ3v) is 5.07. The normalized spacial score (nSPS) is 17.0. The number of amides is 2. The van der Waals surface area contributed by atoms with Crippen LogP contribution in [0, 0.1) is 26.7 Å². The van der Waals surface area contributed by atoms with Gasteiger partial charge in [0.2, 0.25) is 11.8 Å². The zero-order valence-electron chi connectivity index (χ0n) is 14.6. The predicted octanol–water partition coefficient (Wildman–Crippen LogP) is 4.26. The van der Waals surface area contributed by atoms with Gasteiger partial charge in [-0.2, -0.15) is 0 Å². The highest BCUT2D eigenvalue weighted by molar-refractivity contribution is 6.31. The van der Waals surface area contributed by atoms with E-state index in [-0.39, 0.29) is 24.2 Å². The van der Waals surface area contributed by atoms with Gasteiger partial charge in [-0.25, -0.2) is 0 Å². The fraction of sp³-hybridized carbons (Fsp3) is 0.300. The van der Waals surface area contributed by atoms with Gasteiger partial charge in [0.25, 0.3) is 0 Å². The smallest absolute Gasteiger partial charge is 0.229 e. The lowest BCUT2D eigenvalue weighted by Gasteiger charge is -2.20. The minimum atomic E-state index is -0.369. The molecule has 1 heterocycles. The zero-order valence-corrected chi connectivity index (χ0v) is 15.4. The summed E-state index contributed by atoms with van der Waals surface area (Å²) in [6, 6.07) is 11.4. The van der Waals surface area contributed by atoms with Crippen molar-refractivity contribution < 1.29 is 9.59 Å². The molecule has 0 aromatic heterocycles. The molecule has 5 heteroatoms. The molecule has 1 aliphatic heterocycles. The van der Waals surface area contributed by atoms with Crippen LogP contribution in [0.2, 0.25) is 5.02 Å². The molecule has 25 heavy (non-hydrogen) atoms. The first-order chi connectivity index (χ1) is 11.9. The fourth-order valence-electron chi connectivity index (χ4n) is 3.19. The van der Waals surface area contributed by atoms with Crippen LogP contribution in [0.1, 0.15) is 23.1 Å². The molecular formula is C20H21ClN2O2. The predicted molar refractivity (Wildman–Crippen MR) is 101 cm³/mol. The van der Waals surface area contributed by atoms with E-state index in [0.717, 1.165) is 28.1 Å². The van der Waals surface area contributed by atoms with Crippen LogP contribution in [-0.4, -0.2) is 18.4 Å². The quantitative estimate of drug-likeness (QED) is 0.893. The van der Waals surface area contributed by atoms with Crippen molar-refractivity contribution in [1.29, 1.82) is 0 Å². The van der Waals surface area contributed by atoms with Gasteiger partial charge in [-0.1, -0.05) is 35.4 Å². The van der Waals surface area contributed by atoms with Crippen LogP contribution >= 0.6 is 11.6 Å². The molecule has 0 saturated carbocycles. The van der Waals surface area contributed by atoms with Crippen molar-refractivity contribution in [2.75, 3.05) is 16.8 Å². The number of benzene rings is 2. The first-order valence-corrected chi connectivity index (χ1v) is 8.68. The standard InChI is InChI=1S/C20H21ClN2O2/c1-12-7-8-17(13(2)9-12)22-20(25)15-10-19(24)23(11-15)18-6-4-5-16(21)14(18)3/h4-9,15H,10-11H2,1-3H3,(H,22,25). The van der Waals surface area contributed by atoms with Crippen molar-refractivity contribution in [2.45, 2.75) is 27.2 Å². The van der Waals surface area contributed by atoms with Crippen LogP contribution in [0.15, 0.2) is 36.4 Å². The van der Waals surface area contributed by atoms with E-state index in [1.807, 2.05) is 51.1 Å². The van der Waals surface area contributed by atoms with Crippen LogP contribution in [0.4, 0.5) is 11.4 Å². The highest BCUT2D eigenvalue weighted by atomic mass is 35.5. The molecule has 1 N–H and O–H groups in total. The Kier molecular flexibility index (Phi) is 4.82. The average Bonchev–Trinajstić information content (AvgIpc) is 2.94. The lowest BCUT2D eigenvalue weighted by atomic mass is 10.1. The monoisotopic (exact) mass is 356 g/mol. The summed E-state index contributed by atoms with van der Waals surface area (Å²) >= 11 is 6.16. The van der Waals surface area contributed by atoms with Gasteiger partial charge in [-0.15, -0.1) is 0 Å². The SMILES string of the molecule is Cc1ccc(NC(=O)C2CC(=O)N(c3cccc(Cl)c3C)C2)c(C)c1. The average molecular weight is 357 g/mol. The van der Waals surface area contributed by atoms with E-state index in [2.05, 4.69) is 5.32 Å². The molecule has 0 aliphatic carbocycles. The van der Waals surface area contributed by atoms with E-state index in [1.165, 1.54) is 0 Å². The van der Waals surface area contributed by atoms with Gasteiger partial charge in [0.05, 0.1) is 5.92 Å². The Hall–Kier alpha value is -2.33. The minimum Gasteiger partial charge on any atom is -0.326 e. The second kappa shape index (κ2) is 6.89. The Morgan fingerprint density at radius 3 is 2.68 bits per heavy atom. The second-order valence-corrected chi connectivity index (χ2v) is 7.00. The highest BCUT2D eigenvalue weighted by Crippen LogP contribution is 2.32. The Balaban J connectivity index is 1.75. The van der Waals surface area contributed by atoms with Crippen molar-refractivity contribution in [3.8, 4) is 0 Å². The summed E-state index contributed by atoms with van der Waals surface area (Å²) in [5.41, 5.74) is 4.59. The molecule has 2 aromatic rings. The lowest BCUT2D eigenvalue weighted by Crippen LogP contribution is -2.28. The lowest BCUT2D eigenvalue weighted by molar-refractivity contribution is -0.122. The number of hydrogen-bond donors (Lipinski definition) is 1. The Bertz CT molecular complexity index is 848. The van der Waals surface area contributed by atoms with E-state index in [9.17, 15) is 9.59 Å². The van der Waals surface area contributed by atoms with Crippen LogP contribution < -0.4 is 10.2 Å². The van der Waals surface area contributed by atoms with Crippen molar-refractivity contribution in [3.05, 3.63) is 58.1 Å². The number of rotatable bonds is 3. The molecule has 3 rings (SSSR count). The zero-order chi connectivity index (χ0) is 18.1. The molecule has 0 radical (unpaired) electrons. The Labute approximate surface area is 152 Å². The van der Waals surface area contributed by atoms with Crippen LogP contribution in [0.3, 0.4) is 0 Å². The number of hydrogen-bond acceptors (Lipinski definition) is 2. The molecule has 4 nitrogen and oxygen atoms in total. The highest BCUT2D eigenvalue weighted by Gasteiger charge is 2.36. The first-order valence-electron chi connectivity index (χ1n) is 8.30. The summed E-state index contributed by atoms with van der Waals surface area (Å²) < 4.78 is 0. The molecule has 1 fully saturated rings. The molecule has 1 aliphatic rings. The summed E-state index contributed by atoms with van der Waals surface area (Å²) in [5.74, 6) is -0.541. The Morgan fingerprint density at radius 2 is 1.96 bits per heavy atom. The molecule has 2 aromatic carbocycles. The summed E-state index contributed by atoms with van der Waals surface area (Å²) in [7, 11) is 0. The molecule has 0 bridgehead atoms. The van der Waals surface area contributed by atoms with Crippen LogP contribution in [-0.2, 0) is 9.59 Å². The van der Waals surface area contributed by atoms with E-state index in [0.29, 0.717) is 11.6 Å². The maximum atomic E-state index is 12.6. The number of carbonyl (C=O) groups is 2. The number of aryl methyl sites for hydroxylation is 2. The topological polar surface area (TPSA) is 49.4 Å². The second-order valence-electron chi connectivity index (χ2n) is 6.60. The maximum Gasteiger partial charge on any atom is 0.229 e. The van der Waals surface area contributed by atoms with E-state index in [1.54, 1.807) is 11.0 Å². The van der Waals surface area contributed by atoms with Gasteiger partial charge >= 0.3 is 0 Å². The number of halogens is 1. The molecule has 1 atom stereocenters. The fourth-order valence-corrected chi connectivity index (χ4v) is 3.36. The maximum absolute atomic E-state index is 12.6. The number of carbonyl (C=O) groups excluding carboxylic acids is 2. The number of nitrogens with one attached hydrogen (secondary N) is 1. The van der Waals surface area contributed by atoms with Gasteiger partial charge < -0.3 is 10.2 Å². The van der Waals surface area contributed by atoms with Crippen molar-refractivity contribution in [3.63, 3.8) is 0 Å².